The second-order valence-corrected chi connectivity index (χ2v) is 7.11. The van der Waals surface area contributed by atoms with Crippen LogP contribution in [0.15, 0.2) is 0 Å². The van der Waals surface area contributed by atoms with E-state index < -0.39 is 11.9 Å². The minimum atomic E-state index is -0.931. The Morgan fingerprint density at radius 3 is 1.38 bits per heavy atom. The monoisotopic (exact) mass is 493 g/mol. The molecule has 0 aromatic rings. The summed E-state index contributed by atoms with van der Waals surface area (Å²) in [7, 11) is 0. The Kier molecular flexibility index (Phi) is 22.4. The lowest BCUT2D eigenvalue weighted by Gasteiger charge is -2.32. The third kappa shape index (κ3) is 19.2. The summed E-state index contributed by atoms with van der Waals surface area (Å²) in [5, 5.41) is 25.2. The Balaban J connectivity index is 0. The molecule has 1 saturated heterocycles. The predicted octanol–water partition coefficient (Wildman–Crippen LogP) is -0.808. The lowest BCUT2D eigenvalue weighted by atomic mass is 10.3. The van der Waals surface area contributed by atoms with E-state index in [0.29, 0.717) is 52.4 Å². The second-order valence-electron chi connectivity index (χ2n) is 7.11. The molecule has 1 heterocycles. The summed E-state index contributed by atoms with van der Waals surface area (Å²) in [5.74, 6) is -2.06. The molecule has 200 valence electrons. The molecular weight excluding hydrogens is 450 g/mol. The highest BCUT2D eigenvalue weighted by atomic mass is 16.6. The third-order valence-corrected chi connectivity index (χ3v) is 4.79. The zero-order valence-electron chi connectivity index (χ0n) is 20.9. The maximum atomic E-state index is 12.0. The Labute approximate surface area is 202 Å². The zero-order chi connectivity index (χ0) is 26.4. The van der Waals surface area contributed by atoms with Crippen molar-refractivity contribution in [1.82, 2.24) is 25.1 Å². The van der Waals surface area contributed by atoms with Crippen LogP contribution in [0.1, 0.15) is 27.7 Å². The number of hydroxylamine groups is 1. The number of likely N-dealkylation sites (N-methyl/N-ethyl adjacent to an activating group) is 1. The molecule has 1 fully saturated rings. The molecule has 0 saturated carbocycles. The molecule has 0 radical (unpaired) electrons. The largest absolute Gasteiger partial charge is 0.483 e. The lowest BCUT2D eigenvalue weighted by Crippen LogP contribution is -2.49. The molecular formula is C21H43N5O8. The van der Waals surface area contributed by atoms with Crippen LogP contribution < -0.4 is 5.48 Å². The quantitative estimate of drug-likeness (QED) is 0.234. The van der Waals surface area contributed by atoms with Crippen molar-refractivity contribution in [3.8, 4) is 0 Å². The van der Waals surface area contributed by atoms with E-state index >= 15 is 0 Å². The number of nitrogens with zero attached hydrogens (tertiary/aromatic N) is 4. The summed E-state index contributed by atoms with van der Waals surface area (Å²) >= 11 is 0. The van der Waals surface area contributed by atoms with Crippen LogP contribution in [0, 0.1) is 0 Å². The first-order valence-corrected chi connectivity index (χ1v) is 11.6. The van der Waals surface area contributed by atoms with Gasteiger partial charge < -0.3 is 20.2 Å². The summed E-state index contributed by atoms with van der Waals surface area (Å²) < 4.78 is 0. The van der Waals surface area contributed by atoms with Crippen molar-refractivity contribution in [3.63, 3.8) is 0 Å². The fourth-order valence-corrected chi connectivity index (χ4v) is 3.14. The van der Waals surface area contributed by atoms with Crippen LogP contribution in [-0.4, -0.2) is 144 Å². The molecule has 0 aromatic carbocycles. The molecule has 1 rings (SSSR count). The van der Waals surface area contributed by atoms with E-state index in [4.69, 9.17) is 19.8 Å². The van der Waals surface area contributed by atoms with Crippen molar-refractivity contribution in [3.05, 3.63) is 0 Å². The summed E-state index contributed by atoms with van der Waals surface area (Å²) in [6.07, 6.45) is 0. The topological polar surface area (TPSA) is 163 Å². The summed E-state index contributed by atoms with van der Waals surface area (Å²) in [5.41, 5.74) is 2.39. The molecule has 1 aliphatic rings. The zero-order valence-corrected chi connectivity index (χ0v) is 20.9. The van der Waals surface area contributed by atoms with Crippen LogP contribution in [0.5, 0.6) is 0 Å². The van der Waals surface area contributed by atoms with Crippen molar-refractivity contribution < 1.29 is 39.3 Å². The van der Waals surface area contributed by atoms with Gasteiger partial charge in [0.2, 0.25) is 0 Å². The van der Waals surface area contributed by atoms with Crippen molar-refractivity contribution in [2.45, 2.75) is 27.7 Å². The number of carboxylic acid groups (broad SMARTS) is 3. The summed E-state index contributed by atoms with van der Waals surface area (Å²) in [4.78, 5) is 55.6. The van der Waals surface area contributed by atoms with Crippen LogP contribution in [0.2, 0.25) is 0 Å². The van der Waals surface area contributed by atoms with Gasteiger partial charge in [0, 0.05) is 52.4 Å². The molecule has 1 aliphatic heterocycles. The van der Waals surface area contributed by atoms with E-state index in [-0.39, 0.29) is 32.0 Å². The van der Waals surface area contributed by atoms with Gasteiger partial charge in [-0.2, -0.15) is 0 Å². The first-order chi connectivity index (χ1) is 16.2. The van der Waals surface area contributed by atoms with Gasteiger partial charge in [-0.15, -0.1) is 0 Å². The summed E-state index contributed by atoms with van der Waals surface area (Å²) in [6.45, 7) is 13.4. The fraction of sp³-hybridized carbons (Fsp3) is 0.810. The number of carboxylic acids is 2. The highest BCUT2D eigenvalue weighted by molar-refractivity contribution is 5.76. The van der Waals surface area contributed by atoms with Gasteiger partial charge in [0.05, 0.1) is 26.2 Å². The van der Waals surface area contributed by atoms with Crippen molar-refractivity contribution in [1.29, 1.82) is 0 Å². The molecule has 0 unspecified atom stereocenters. The number of carbonyl (C=O) groups is 4. The fourth-order valence-electron chi connectivity index (χ4n) is 3.14. The van der Waals surface area contributed by atoms with Crippen LogP contribution >= 0.6 is 0 Å². The van der Waals surface area contributed by atoms with Gasteiger partial charge in [0.1, 0.15) is 0 Å². The standard InChI is InChI=1S/C18H35N5O6.C2H6.CH2O2/c1-3-20-5-7-21(13-16(24)19-29-4-2)9-10-23(15-18(27)28)12-11-22(8-6-20)14-17(25)26;1-2;2-1-3/h3-15H2,1-2H3,(H,19,24)(H,25,26)(H,27,28);1-2H3;1H,(H,2,3). The van der Waals surface area contributed by atoms with Gasteiger partial charge in [-0.25, -0.2) is 5.48 Å². The molecule has 34 heavy (non-hydrogen) atoms. The molecule has 0 spiro atoms. The molecule has 13 heteroatoms. The maximum absolute atomic E-state index is 12.0. The highest BCUT2D eigenvalue weighted by Gasteiger charge is 2.19. The lowest BCUT2D eigenvalue weighted by molar-refractivity contribution is -0.140. The Bertz CT molecular complexity index is 567. The first-order valence-electron chi connectivity index (χ1n) is 11.6. The van der Waals surface area contributed by atoms with Gasteiger partial charge in [-0.3, -0.25) is 38.7 Å². The van der Waals surface area contributed by atoms with E-state index in [1.165, 1.54) is 0 Å². The molecule has 0 atom stereocenters. The summed E-state index contributed by atoms with van der Waals surface area (Å²) in [6, 6.07) is 0. The maximum Gasteiger partial charge on any atom is 0.317 e. The minimum Gasteiger partial charge on any atom is -0.483 e. The van der Waals surface area contributed by atoms with Gasteiger partial charge >= 0.3 is 11.9 Å². The second kappa shape index (κ2) is 22.5. The van der Waals surface area contributed by atoms with Gasteiger partial charge in [0.25, 0.3) is 12.4 Å². The molecule has 0 aromatic heterocycles. The predicted molar refractivity (Wildman–Crippen MR) is 127 cm³/mol. The molecule has 0 bridgehead atoms. The molecule has 4 N–H and O–H groups in total. The van der Waals surface area contributed by atoms with E-state index in [2.05, 4.69) is 10.4 Å². The third-order valence-electron chi connectivity index (χ3n) is 4.79. The number of amides is 1. The Hall–Kier alpha value is -2.32. The van der Waals surface area contributed by atoms with Crippen LogP contribution in [-0.2, 0) is 24.0 Å². The van der Waals surface area contributed by atoms with Crippen molar-refractivity contribution in [2.75, 3.05) is 85.1 Å². The van der Waals surface area contributed by atoms with Gasteiger partial charge in [-0.1, -0.05) is 20.8 Å². The number of hydrogen-bond donors (Lipinski definition) is 4. The van der Waals surface area contributed by atoms with E-state index in [9.17, 15) is 19.5 Å². The van der Waals surface area contributed by atoms with Crippen LogP contribution in [0.4, 0.5) is 0 Å². The number of aliphatic carboxylic acids is 2. The Morgan fingerprint density at radius 1 is 0.765 bits per heavy atom. The Morgan fingerprint density at radius 2 is 1.09 bits per heavy atom. The number of carbonyl (C=O) groups excluding carboxylic acids is 1. The smallest absolute Gasteiger partial charge is 0.317 e. The van der Waals surface area contributed by atoms with Crippen LogP contribution in [0.3, 0.4) is 0 Å². The molecule has 0 aliphatic carbocycles. The highest BCUT2D eigenvalue weighted by Crippen LogP contribution is 2.01. The van der Waals surface area contributed by atoms with Crippen LogP contribution in [0.25, 0.3) is 0 Å². The number of rotatable bonds is 9. The van der Waals surface area contributed by atoms with E-state index in [0.717, 1.165) is 13.1 Å². The molecule has 13 nitrogen and oxygen atoms in total. The molecule has 1 amide bonds. The first kappa shape index (κ1) is 33.9. The van der Waals surface area contributed by atoms with Gasteiger partial charge in [-0.05, 0) is 13.5 Å². The number of hydrogen-bond acceptors (Lipinski definition) is 9. The average molecular weight is 494 g/mol. The van der Waals surface area contributed by atoms with Crippen molar-refractivity contribution in [2.24, 2.45) is 0 Å². The van der Waals surface area contributed by atoms with E-state index in [1.807, 2.05) is 30.6 Å². The number of nitrogens with one attached hydrogen (secondary N) is 1. The minimum absolute atomic E-state index is 0.0673. The average Bonchev–Trinajstić information content (AvgIpc) is 2.79. The van der Waals surface area contributed by atoms with Crippen molar-refractivity contribution >= 4 is 24.3 Å². The normalized spacial score (nSPS) is 16.9. The SMILES string of the molecule is CC.CCONC(=O)CN1CCN(CC)CCN(CC(=O)O)CCN(CC(=O)O)CC1.O=CO. The van der Waals surface area contributed by atoms with E-state index in [1.54, 1.807) is 11.8 Å². The van der Waals surface area contributed by atoms with Gasteiger partial charge in [0.15, 0.2) is 0 Å².